The summed E-state index contributed by atoms with van der Waals surface area (Å²) in [6.07, 6.45) is 1.61. The topological polar surface area (TPSA) is 65.4 Å². The van der Waals surface area contributed by atoms with E-state index < -0.39 is 0 Å². The molecule has 0 unspecified atom stereocenters. The van der Waals surface area contributed by atoms with Crippen molar-refractivity contribution in [1.82, 2.24) is 4.98 Å². The van der Waals surface area contributed by atoms with Gasteiger partial charge in [-0.1, -0.05) is 17.7 Å². The van der Waals surface area contributed by atoms with Crippen molar-refractivity contribution in [1.29, 1.82) is 0 Å². The quantitative estimate of drug-likeness (QED) is 0.800. The number of aromatic hydroxyl groups is 1. The predicted molar refractivity (Wildman–Crippen MR) is 79.8 cm³/mol. The van der Waals surface area contributed by atoms with E-state index in [9.17, 15) is 10.2 Å². The van der Waals surface area contributed by atoms with Gasteiger partial charge in [-0.15, -0.1) is 0 Å². The number of aliphatic hydroxyl groups is 1. The average Bonchev–Trinajstić information content (AvgIpc) is 2.42. The predicted octanol–water partition coefficient (Wildman–Crippen LogP) is 2.82. The minimum absolute atomic E-state index is 0.134. The lowest BCUT2D eigenvalue weighted by Crippen LogP contribution is -2.06. The SMILES string of the molecule is Cc1ccc(NCc2c(CO)cnc(C)c2O)c(C)c1. The molecule has 0 atom stereocenters. The van der Waals surface area contributed by atoms with Crippen molar-refractivity contribution in [2.24, 2.45) is 0 Å². The van der Waals surface area contributed by atoms with Crippen LogP contribution in [0.1, 0.15) is 27.9 Å². The van der Waals surface area contributed by atoms with E-state index >= 15 is 0 Å². The number of benzene rings is 1. The molecule has 0 aliphatic carbocycles. The summed E-state index contributed by atoms with van der Waals surface area (Å²) in [5, 5.41) is 22.7. The Morgan fingerprint density at radius 1 is 1.20 bits per heavy atom. The van der Waals surface area contributed by atoms with Gasteiger partial charge in [-0.2, -0.15) is 0 Å². The van der Waals surface area contributed by atoms with E-state index in [1.54, 1.807) is 13.1 Å². The fourth-order valence-electron chi connectivity index (χ4n) is 2.21. The van der Waals surface area contributed by atoms with Crippen LogP contribution in [0.3, 0.4) is 0 Å². The molecule has 1 heterocycles. The zero-order valence-corrected chi connectivity index (χ0v) is 12.1. The molecule has 0 radical (unpaired) electrons. The van der Waals surface area contributed by atoms with Crippen molar-refractivity contribution in [3.05, 3.63) is 52.3 Å². The van der Waals surface area contributed by atoms with E-state index in [1.807, 2.05) is 19.1 Å². The summed E-state index contributed by atoms with van der Waals surface area (Å²) in [7, 11) is 0. The molecule has 0 aliphatic heterocycles. The zero-order chi connectivity index (χ0) is 14.7. The fourth-order valence-corrected chi connectivity index (χ4v) is 2.21. The summed E-state index contributed by atoms with van der Waals surface area (Å²) in [5.41, 5.74) is 5.30. The third kappa shape index (κ3) is 2.91. The highest BCUT2D eigenvalue weighted by atomic mass is 16.3. The molecule has 3 N–H and O–H groups in total. The fraction of sp³-hybridized carbons (Fsp3) is 0.312. The van der Waals surface area contributed by atoms with Crippen LogP contribution in [0.5, 0.6) is 5.75 Å². The third-order valence-electron chi connectivity index (χ3n) is 3.44. The lowest BCUT2D eigenvalue weighted by Gasteiger charge is -2.14. The Hall–Kier alpha value is -2.07. The van der Waals surface area contributed by atoms with Crippen molar-refractivity contribution in [2.75, 3.05) is 5.32 Å². The summed E-state index contributed by atoms with van der Waals surface area (Å²) in [4.78, 5) is 4.06. The van der Waals surface area contributed by atoms with Crippen LogP contribution in [0.15, 0.2) is 24.4 Å². The number of hydrogen-bond acceptors (Lipinski definition) is 4. The van der Waals surface area contributed by atoms with Gasteiger partial charge in [0.05, 0.1) is 12.3 Å². The summed E-state index contributed by atoms with van der Waals surface area (Å²) in [5.74, 6) is 0.147. The van der Waals surface area contributed by atoms with Crippen molar-refractivity contribution in [3.8, 4) is 5.75 Å². The van der Waals surface area contributed by atoms with Gasteiger partial charge in [-0.05, 0) is 32.4 Å². The van der Waals surface area contributed by atoms with Gasteiger partial charge < -0.3 is 15.5 Å². The number of hydrogen-bond donors (Lipinski definition) is 3. The molecule has 2 aromatic rings. The molecule has 1 aromatic heterocycles. The van der Waals surface area contributed by atoms with Crippen LogP contribution in [0.2, 0.25) is 0 Å². The molecule has 0 aliphatic rings. The van der Waals surface area contributed by atoms with E-state index in [-0.39, 0.29) is 12.4 Å². The van der Waals surface area contributed by atoms with E-state index in [2.05, 4.69) is 23.3 Å². The first-order valence-corrected chi connectivity index (χ1v) is 6.61. The van der Waals surface area contributed by atoms with Crippen LogP contribution in [0.25, 0.3) is 0 Å². The van der Waals surface area contributed by atoms with Gasteiger partial charge in [0, 0.05) is 29.6 Å². The molecule has 106 valence electrons. The van der Waals surface area contributed by atoms with Gasteiger partial charge in [-0.25, -0.2) is 0 Å². The number of aryl methyl sites for hydroxylation is 3. The molecule has 1 aromatic carbocycles. The van der Waals surface area contributed by atoms with Gasteiger partial charge in [-0.3, -0.25) is 4.98 Å². The lowest BCUT2D eigenvalue weighted by atomic mass is 10.1. The number of rotatable bonds is 4. The van der Waals surface area contributed by atoms with Crippen LogP contribution in [0, 0.1) is 20.8 Å². The highest BCUT2D eigenvalue weighted by Gasteiger charge is 2.11. The highest BCUT2D eigenvalue weighted by molar-refractivity contribution is 5.53. The maximum atomic E-state index is 10.1. The first-order chi connectivity index (χ1) is 9.52. The van der Waals surface area contributed by atoms with Gasteiger partial charge in [0.25, 0.3) is 0 Å². The smallest absolute Gasteiger partial charge is 0.142 e. The Balaban J connectivity index is 2.24. The molecule has 4 heteroatoms. The summed E-state index contributed by atoms with van der Waals surface area (Å²) < 4.78 is 0. The molecule has 2 rings (SSSR count). The molecule has 0 fully saturated rings. The standard InChI is InChI=1S/C16H20N2O2/c1-10-4-5-15(11(2)6-10)18-8-14-13(9-19)7-17-12(3)16(14)20/h4-7,18-20H,8-9H2,1-3H3. The summed E-state index contributed by atoms with van der Waals surface area (Å²) in [6, 6.07) is 6.17. The molecular weight excluding hydrogens is 252 g/mol. The van der Waals surface area contributed by atoms with Crippen LogP contribution in [-0.4, -0.2) is 15.2 Å². The number of anilines is 1. The Labute approximate surface area is 119 Å². The molecule has 0 bridgehead atoms. The molecule has 4 nitrogen and oxygen atoms in total. The number of nitrogens with zero attached hydrogens (tertiary/aromatic N) is 1. The van der Waals surface area contributed by atoms with Gasteiger partial charge in [0.2, 0.25) is 0 Å². The third-order valence-corrected chi connectivity index (χ3v) is 3.44. The van der Waals surface area contributed by atoms with E-state index in [0.717, 1.165) is 11.3 Å². The van der Waals surface area contributed by atoms with Crippen molar-refractivity contribution >= 4 is 5.69 Å². The normalized spacial score (nSPS) is 10.6. The summed E-state index contributed by atoms with van der Waals surface area (Å²) in [6.45, 7) is 6.16. The Kier molecular flexibility index (Phi) is 4.25. The van der Waals surface area contributed by atoms with Crippen LogP contribution < -0.4 is 5.32 Å². The highest BCUT2D eigenvalue weighted by Crippen LogP contribution is 2.25. The van der Waals surface area contributed by atoms with Crippen LogP contribution >= 0.6 is 0 Å². The van der Waals surface area contributed by atoms with Gasteiger partial charge >= 0.3 is 0 Å². The van der Waals surface area contributed by atoms with E-state index in [4.69, 9.17) is 0 Å². The largest absolute Gasteiger partial charge is 0.506 e. The lowest BCUT2D eigenvalue weighted by molar-refractivity contribution is 0.279. The Morgan fingerprint density at radius 2 is 1.95 bits per heavy atom. The molecular formula is C16H20N2O2. The molecule has 0 saturated carbocycles. The maximum Gasteiger partial charge on any atom is 0.142 e. The zero-order valence-electron chi connectivity index (χ0n) is 12.1. The second kappa shape index (κ2) is 5.92. The second-order valence-electron chi connectivity index (χ2n) is 5.03. The second-order valence-corrected chi connectivity index (χ2v) is 5.03. The monoisotopic (exact) mass is 272 g/mol. The maximum absolute atomic E-state index is 10.1. The Bertz CT molecular complexity index is 624. The first-order valence-electron chi connectivity index (χ1n) is 6.61. The van der Waals surface area contributed by atoms with Crippen LogP contribution in [0.4, 0.5) is 5.69 Å². The minimum Gasteiger partial charge on any atom is -0.506 e. The molecule has 0 amide bonds. The van der Waals surface area contributed by atoms with Crippen LogP contribution in [-0.2, 0) is 13.2 Å². The number of aliphatic hydroxyl groups excluding tert-OH is 1. The van der Waals surface area contributed by atoms with E-state index in [1.165, 1.54) is 5.56 Å². The van der Waals surface area contributed by atoms with Crippen molar-refractivity contribution in [3.63, 3.8) is 0 Å². The summed E-state index contributed by atoms with van der Waals surface area (Å²) >= 11 is 0. The molecule has 0 spiro atoms. The average molecular weight is 272 g/mol. The van der Waals surface area contributed by atoms with E-state index in [0.29, 0.717) is 23.4 Å². The Morgan fingerprint density at radius 3 is 2.60 bits per heavy atom. The van der Waals surface area contributed by atoms with Crippen molar-refractivity contribution in [2.45, 2.75) is 33.9 Å². The number of pyridine rings is 1. The molecule has 20 heavy (non-hydrogen) atoms. The number of aromatic nitrogens is 1. The van der Waals surface area contributed by atoms with Crippen molar-refractivity contribution < 1.29 is 10.2 Å². The molecule has 0 saturated heterocycles. The first kappa shape index (κ1) is 14.3. The van der Waals surface area contributed by atoms with Gasteiger partial charge in [0.1, 0.15) is 5.75 Å². The number of nitrogens with one attached hydrogen (secondary N) is 1. The van der Waals surface area contributed by atoms with Gasteiger partial charge in [0.15, 0.2) is 0 Å². The minimum atomic E-state index is -0.134.